The molecule has 5 nitrogen and oxygen atoms in total. The smallest absolute Gasteiger partial charge is 0.226 e. The molecule has 5 rings (SSSR count). The highest BCUT2D eigenvalue weighted by atomic mass is 16.5. The number of rotatable bonds is 4. The fourth-order valence-electron chi connectivity index (χ4n) is 5.21. The molecule has 0 aromatic heterocycles. The van der Waals surface area contributed by atoms with Gasteiger partial charge in [-0.2, -0.15) is 0 Å². The van der Waals surface area contributed by atoms with Gasteiger partial charge < -0.3 is 14.4 Å². The van der Waals surface area contributed by atoms with Crippen molar-refractivity contribution >= 4 is 5.91 Å². The van der Waals surface area contributed by atoms with Gasteiger partial charge in [-0.25, -0.2) is 0 Å². The van der Waals surface area contributed by atoms with Gasteiger partial charge >= 0.3 is 0 Å². The second kappa shape index (κ2) is 6.61. The second-order valence-electron chi connectivity index (χ2n) is 8.11. The molecular formula is C23H26N2O3. The summed E-state index contributed by atoms with van der Waals surface area (Å²) in [4.78, 5) is 17.2. The standard InChI is InChI=1S/C23H26N2O3/c1-16-12-17(8-9-19(16)27-2)14-24-11-10-23-21(24)13-22(26)25(23)15-20(28-23)18-6-4-3-5-7-18/h3-9,12,20-21H,10-11,13-15H2,1-2H3/t20-,21-,23+/m1/s1. The van der Waals surface area contributed by atoms with Crippen molar-refractivity contribution in [3.8, 4) is 5.75 Å². The molecule has 3 aliphatic heterocycles. The van der Waals surface area contributed by atoms with Gasteiger partial charge in [0.2, 0.25) is 5.91 Å². The Morgan fingerprint density at radius 2 is 2.04 bits per heavy atom. The van der Waals surface area contributed by atoms with Gasteiger partial charge in [0, 0.05) is 25.9 Å². The van der Waals surface area contributed by atoms with Crippen LogP contribution in [-0.4, -0.2) is 47.7 Å². The zero-order valence-electron chi connectivity index (χ0n) is 16.4. The predicted octanol–water partition coefficient (Wildman–Crippen LogP) is 3.28. The van der Waals surface area contributed by atoms with Gasteiger partial charge in [-0.3, -0.25) is 9.69 Å². The van der Waals surface area contributed by atoms with Crippen molar-refractivity contribution in [1.29, 1.82) is 0 Å². The summed E-state index contributed by atoms with van der Waals surface area (Å²) in [6, 6.07) is 16.7. The quantitative estimate of drug-likeness (QED) is 0.819. The van der Waals surface area contributed by atoms with Crippen LogP contribution in [-0.2, 0) is 16.1 Å². The van der Waals surface area contributed by atoms with E-state index in [2.05, 4.69) is 36.1 Å². The molecule has 28 heavy (non-hydrogen) atoms. The molecular weight excluding hydrogens is 352 g/mol. The number of carbonyl (C=O) groups excluding carboxylic acids is 1. The molecule has 1 spiro atoms. The molecule has 3 fully saturated rings. The Morgan fingerprint density at radius 3 is 2.79 bits per heavy atom. The van der Waals surface area contributed by atoms with Crippen LogP contribution in [0.4, 0.5) is 0 Å². The van der Waals surface area contributed by atoms with Crippen molar-refractivity contribution in [3.05, 3.63) is 65.2 Å². The third-order valence-electron chi connectivity index (χ3n) is 6.56. The summed E-state index contributed by atoms with van der Waals surface area (Å²) < 4.78 is 12.0. The fourth-order valence-corrected chi connectivity index (χ4v) is 5.21. The van der Waals surface area contributed by atoms with E-state index in [1.165, 1.54) is 5.56 Å². The van der Waals surface area contributed by atoms with Crippen LogP contribution in [0.25, 0.3) is 0 Å². The van der Waals surface area contributed by atoms with Crippen LogP contribution >= 0.6 is 0 Å². The molecule has 5 heteroatoms. The molecule has 3 atom stereocenters. The van der Waals surface area contributed by atoms with Crippen LogP contribution in [0.3, 0.4) is 0 Å². The van der Waals surface area contributed by atoms with Gasteiger partial charge in [0.15, 0.2) is 5.72 Å². The number of hydrogen-bond acceptors (Lipinski definition) is 4. The molecule has 3 aliphatic rings. The van der Waals surface area contributed by atoms with Crippen molar-refractivity contribution in [1.82, 2.24) is 9.80 Å². The minimum atomic E-state index is -0.459. The molecule has 3 saturated heterocycles. The Hall–Kier alpha value is -2.37. The first-order chi connectivity index (χ1) is 13.6. The van der Waals surface area contributed by atoms with E-state index in [0.29, 0.717) is 13.0 Å². The average Bonchev–Trinajstić information content (AvgIpc) is 3.32. The topological polar surface area (TPSA) is 42.0 Å². The Labute approximate surface area is 165 Å². The Balaban J connectivity index is 1.38. The van der Waals surface area contributed by atoms with Crippen LogP contribution in [0, 0.1) is 6.92 Å². The lowest BCUT2D eigenvalue weighted by Gasteiger charge is -2.32. The van der Waals surface area contributed by atoms with Crippen LogP contribution in [0.2, 0.25) is 0 Å². The van der Waals surface area contributed by atoms with Crippen molar-refractivity contribution < 1.29 is 14.3 Å². The Kier molecular flexibility index (Phi) is 4.18. The first kappa shape index (κ1) is 17.7. The van der Waals surface area contributed by atoms with Crippen LogP contribution in [0.1, 0.15) is 35.6 Å². The summed E-state index contributed by atoms with van der Waals surface area (Å²) in [5.41, 5.74) is 3.08. The van der Waals surface area contributed by atoms with Gasteiger partial charge in [-0.15, -0.1) is 0 Å². The fraction of sp³-hybridized carbons (Fsp3) is 0.435. The normalized spacial score (nSPS) is 29.2. The molecule has 146 valence electrons. The lowest BCUT2D eigenvalue weighted by molar-refractivity contribution is -0.138. The van der Waals surface area contributed by atoms with Gasteiger partial charge in [0.25, 0.3) is 0 Å². The highest BCUT2D eigenvalue weighted by molar-refractivity contribution is 5.81. The van der Waals surface area contributed by atoms with Gasteiger partial charge in [0.05, 0.1) is 19.7 Å². The maximum Gasteiger partial charge on any atom is 0.226 e. The lowest BCUT2D eigenvalue weighted by atomic mass is 10.1. The van der Waals surface area contributed by atoms with Gasteiger partial charge in [-0.1, -0.05) is 42.5 Å². The number of likely N-dealkylation sites (tertiary alicyclic amines) is 1. The molecule has 2 aromatic carbocycles. The van der Waals surface area contributed by atoms with Crippen LogP contribution in [0.15, 0.2) is 48.5 Å². The summed E-state index contributed by atoms with van der Waals surface area (Å²) in [7, 11) is 1.70. The van der Waals surface area contributed by atoms with Crippen molar-refractivity contribution in [2.24, 2.45) is 0 Å². The third-order valence-corrected chi connectivity index (χ3v) is 6.56. The van der Waals surface area contributed by atoms with E-state index in [1.54, 1.807) is 7.11 Å². The van der Waals surface area contributed by atoms with Gasteiger partial charge in [0.1, 0.15) is 11.9 Å². The predicted molar refractivity (Wildman–Crippen MR) is 106 cm³/mol. The monoisotopic (exact) mass is 378 g/mol. The molecule has 2 aromatic rings. The van der Waals surface area contributed by atoms with Crippen LogP contribution in [0.5, 0.6) is 5.75 Å². The van der Waals surface area contributed by atoms with E-state index < -0.39 is 5.72 Å². The Morgan fingerprint density at radius 1 is 1.21 bits per heavy atom. The minimum absolute atomic E-state index is 0.0314. The molecule has 0 N–H and O–H groups in total. The molecule has 0 unspecified atom stereocenters. The molecule has 0 saturated carbocycles. The molecule has 0 radical (unpaired) electrons. The number of amides is 1. The summed E-state index contributed by atoms with van der Waals surface area (Å²) in [6.45, 7) is 4.51. The van der Waals surface area contributed by atoms with E-state index in [4.69, 9.17) is 9.47 Å². The zero-order chi connectivity index (χ0) is 19.3. The number of methoxy groups -OCH3 is 1. The largest absolute Gasteiger partial charge is 0.496 e. The Bertz CT molecular complexity index is 900. The number of hydrogen-bond donors (Lipinski definition) is 0. The summed E-state index contributed by atoms with van der Waals surface area (Å²) in [6.07, 6.45) is 1.40. The molecule has 1 amide bonds. The van der Waals surface area contributed by atoms with Gasteiger partial charge in [-0.05, 0) is 29.7 Å². The third kappa shape index (κ3) is 2.65. The van der Waals surface area contributed by atoms with E-state index in [-0.39, 0.29) is 18.1 Å². The van der Waals surface area contributed by atoms with E-state index >= 15 is 0 Å². The summed E-state index contributed by atoms with van der Waals surface area (Å²) in [5, 5.41) is 0. The number of benzene rings is 2. The molecule has 0 aliphatic carbocycles. The highest BCUT2D eigenvalue weighted by Crippen LogP contribution is 2.50. The van der Waals surface area contributed by atoms with Crippen molar-refractivity contribution in [2.45, 2.75) is 44.2 Å². The average molecular weight is 378 g/mol. The SMILES string of the molecule is COc1ccc(CN2CC[C@@]34O[C@@H](c5ccccc5)CN3C(=O)C[C@@H]24)cc1C. The summed E-state index contributed by atoms with van der Waals surface area (Å²) >= 11 is 0. The second-order valence-corrected chi connectivity index (χ2v) is 8.11. The summed E-state index contributed by atoms with van der Waals surface area (Å²) in [5.74, 6) is 1.13. The number of carbonyl (C=O) groups is 1. The first-order valence-electron chi connectivity index (χ1n) is 10.0. The highest BCUT2D eigenvalue weighted by Gasteiger charge is 2.63. The number of ether oxygens (including phenoxy) is 2. The maximum atomic E-state index is 12.8. The molecule has 3 heterocycles. The number of aryl methyl sites for hydroxylation is 1. The van der Waals surface area contributed by atoms with Crippen molar-refractivity contribution in [3.63, 3.8) is 0 Å². The van der Waals surface area contributed by atoms with Crippen LogP contribution < -0.4 is 4.74 Å². The van der Waals surface area contributed by atoms with E-state index in [1.807, 2.05) is 29.2 Å². The maximum absolute atomic E-state index is 12.8. The minimum Gasteiger partial charge on any atom is -0.496 e. The van der Waals surface area contributed by atoms with E-state index in [9.17, 15) is 4.79 Å². The lowest BCUT2D eigenvalue weighted by Crippen LogP contribution is -2.47. The first-order valence-corrected chi connectivity index (χ1v) is 10.0. The van der Waals surface area contributed by atoms with Crippen molar-refractivity contribution in [2.75, 3.05) is 20.2 Å². The number of nitrogens with zero attached hydrogens (tertiary/aromatic N) is 2. The van der Waals surface area contributed by atoms with E-state index in [0.717, 1.165) is 36.4 Å². The molecule has 0 bridgehead atoms. The zero-order valence-corrected chi connectivity index (χ0v) is 16.4.